The van der Waals surface area contributed by atoms with E-state index in [2.05, 4.69) is 15.3 Å². The van der Waals surface area contributed by atoms with Crippen LogP contribution < -0.4 is 5.43 Å². The Hall–Kier alpha value is -0.990. The maximum Gasteiger partial charge on any atom is 0.198 e. The molecule has 6 heavy (non-hydrogen) atoms. The van der Waals surface area contributed by atoms with Gasteiger partial charge in [0.1, 0.15) is 6.26 Å². The molecule has 1 aliphatic heterocycles. The second-order valence-corrected chi connectivity index (χ2v) is 0.802. The van der Waals surface area contributed by atoms with Gasteiger partial charge in [0.15, 0.2) is 6.40 Å². The van der Waals surface area contributed by atoms with Gasteiger partial charge in [-0.05, 0) is 0 Å². The molecule has 0 spiro atoms. The molecule has 0 aliphatic carbocycles. The van der Waals surface area contributed by atoms with Gasteiger partial charge in [0, 0.05) is 0 Å². The second-order valence-electron chi connectivity index (χ2n) is 0.802. The summed E-state index contributed by atoms with van der Waals surface area (Å²) in [7, 11) is 0. The van der Waals surface area contributed by atoms with Crippen molar-refractivity contribution in [1.29, 1.82) is 0 Å². The molecule has 0 aromatic carbocycles. The van der Waals surface area contributed by atoms with E-state index in [1.165, 1.54) is 12.7 Å². The summed E-state index contributed by atoms with van der Waals surface area (Å²) < 4.78 is 4.53. The van der Waals surface area contributed by atoms with E-state index in [4.69, 9.17) is 0 Å². The Balaban J connectivity index is 2.40. The van der Waals surface area contributed by atoms with Crippen LogP contribution in [-0.4, -0.2) is 6.40 Å². The van der Waals surface area contributed by atoms with Crippen molar-refractivity contribution in [3.63, 3.8) is 0 Å². The summed E-state index contributed by atoms with van der Waals surface area (Å²) in [5.74, 6) is 0. The third-order valence-corrected chi connectivity index (χ3v) is 0.409. The van der Waals surface area contributed by atoms with Crippen LogP contribution in [0.3, 0.4) is 0 Å². The lowest BCUT2D eigenvalue weighted by molar-refractivity contribution is 0.471. The van der Waals surface area contributed by atoms with Gasteiger partial charge in [-0.2, -0.15) is 0 Å². The standard InChI is InChI=1S/C3H4N2O/c1-2-6-3-5-4-1/h1-4H. The SMILES string of the molecule is C1=COC=NN1. The smallest absolute Gasteiger partial charge is 0.198 e. The molecule has 32 valence electrons. The van der Waals surface area contributed by atoms with Crippen LogP contribution in [0.2, 0.25) is 0 Å². The van der Waals surface area contributed by atoms with E-state index in [0.717, 1.165) is 0 Å². The molecule has 0 saturated carbocycles. The first-order chi connectivity index (χ1) is 3.00. The molecule has 0 bridgehead atoms. The first-order valence-electron chi connectivity index (χ1n) is 1.58. The van der Waals surface area contributed by atoms with Gasteiger partial charge >= 0.3 is 0 Å². The monoisotopic (exact) mass is 84.0 g/mol. The lowest BCUT2D eigenvalue weighted by Gasteiger charge is -1.93. The lowest BCUT2D eigenvalue weighted by Crippen LogP contribution is -1.98. The average Bonchev–Trinajstić information content (AvgIpc) is 1.72. The molecule has 3 nitrogen and oxygen atoms in total. The number of nitrogens with zero attached hydrogens (tertiary/aromatic N) is 1. The summed E-state index contributed by atoms with van der Waals surface area (Å²) in [6, 6.07) is 0. The highest BCUT2D eigenvalue weighted by molar-refractivity contribution is 5.47. The van der Waals surface area contributed by atoms with Gasteiger partial charge in [-0.3, -0.25) is 5.43 Å². The van der Waals surface area contributed by atoms with Crippen molar-refractivity contribution in [2.45, 2.75) is 0 Å². The zero-order valence-corrected chi connectivity index (χ0v) is 3.09. The molecule has 0 fully saturated rings. The number of hydrazone groups is 1. The molecule has 3 heteroatoms. The molecular weight excluding hydrogens is 80.0 g/mol. The third-order valence-electron chi connectivity index (χ3n) is 0.409. The van der Waals surface area contributed by atoms with Crippen LogP contribution in [0.25, 0.3) is 0 Å². The fourth-order valence-corrected chi connectivity index (χ4v) is 0.209. The van der Waals surface area contributed by atoms with Gasteiger partial charge in [0.2, 0.25) is 0 Å². The van der Waals surface area contributed by atoms with E-state index in [-0.39, 0.29) is 0 Å². The maximum absolute atomic E-state index is 4.53. The van der Waals surface area contributed by atoms with E-state index in [0.29, 0.717) is 0 Å². The molecule has 1 rings (SSSR count). The quantitative estimate of drug-likeness (QED) is 0.449. The van der Waals surface area contributed by atoms with Crippen molar-refractivity contribution >= 4 is 6.40 Å². The highest BCUT2D eigenvalue weighted by Crippen LogP contribution is 1.74. The zero-order valence-electron chi connectivity index (χ0n) is 3.09. The van der Waals surface area contributed by atoms with Crippen LogP contribution in [0.15, 0.2) is 17.6 Å². The minimum absolute atomic E-state index is 1.32. The highest BCUT2D eigenvalue weighted by Gasteiger charge is 1.73. The van der Waals surface area contributed by atoms with Gasteiger partial charge < -0.3 is 4.74 Å². The Kier molecular flexibility index (Phi) is 0.774. The van der Waals surface area contributed by atoms with Crippen LogP contribution in [-0.2, 0) is 4.74 Å². The normalized spacial score (nSPS) is 16.0. The summed E-state index contributed by atoms with van der Waals surface area (Å²) in [4.78, 5) is 0. The van der Waals surface area contributed by atoms with Crippen molar-refractivity contribution in [2.75, 3.05) is 0 Å². The molecular formula is C3H4N2O. The van der Waals surface area contributed by atoms with Crippen LogP contribution in [0.5, 0.6) is 0 Å². The first kappa shape index (κ1) is 3.21. The Morgan fingerprint density at radius 3 is 2.83 bits per heavy atom. The van der Waals surface area contributed by atoms with Crippen molar-refractivity contribution < 1.29 is 4.74 Å². The second kappa shape index (κ2) is 1.45. The number of ether oxygens (including phenoxy) is 1. The molecule has 0 radical (unpaired) electrons. The number of nitrogens with one attached hydrogen (secondary N) is 1. The molecule has 0 aromatic rings. The number of rotatable bonds is 0. The molecule has 1 N–H and O–H groups in total. The van der Waals surface area contributed by atoms with Gasteiger partial charge in [-0.25, -0.2) is 0 Å². The molecule has 0 saturated heterocycles. The summed E-state index contributed by atoms with van der Waals surface area (Å²) in [6.07, 6.45) is 4.42. The first-order valence-corrected chi connectivity index (χ1v) is 1.58. The molecule has 0 aromatic heterocycles. The Morgan fingerprint density at radius 1 is 1.67 bits per heavy atom. The number of hydrogen-bond acceptors (Lipinski definition) is 3. The van der Waals surface area contributed by atoms with Crippen molar-refractivity contribution in [3.8, 4) is 0 Å². The average molecular weight is 84.1 g/mol. The van der Waals surface area contributed by atoms with Crippen molar-refractivity contribution in [3.05, 3.63) is 12.5 Å². The van der Waals surface area contributed by atoms with E-state index in [9.17, 15) is 0 Å². The van der Waals surface area contributed by atoms with E-state index >= 15 is 0 Å². The molecule has 1 aliphatic rings. The summed E-state index contributed by atoms with van der Waals surface area (Å²) in [6.45, 7) is 0. The minimum Gasteiger partial charge on any atom is -0.450 e. The zero-order chi connectivity index (χ0) is 4.24. The predicted molar refractivity (Wildman–Crippen MR) is 21.9 cm³/mol. The van der Waals surface area contributed by atoms with Crippen LogP contribution in [0.4, 0.5) is 0 Å². The van der Waals surface area contributed by atoms with E-state index in [1.807, 2.05) is 0 Å². The third kappa shape index (κ3) is 0.484. The summed E-state index contributed by atoms with van der Waals surface area (Å²) >= 11 is 0. The highest BCUT2D eigenvalue weighted by atomic mass is 16.5. The maximum atomic E-state index is 4.53. The van der Waals surface area contributed by atoms with Gasteiger partial charge in [-0.15, -0.1) is 5.10 Å². The Bertz CT molecular complexity index is 66.8. The van der Waals surface area contributed by atoms with Gasteiger partial charge in [-0.1, -0.05) is 0 Å². The largest absolute Gasteiger partial charge is 0.450 e. The van der Waals surface area contributed by atoms with Crippen LogP contribution in [0.1, 0.15) is 0 Å². The van der Waals surface area contributed by atoms with Crippen LogP contribution >= 0.6 is 0 Å². The predicted octanol–water partition coefficient (Wildman–Crippen LogP) is 0.0207. The fraction of sp³-hybridized carbons (Fsp3) is 0. The molecule has 0 unspecified atom stereocenters. The van der Waals surface area contributed by atoms with Gasteiger partial charge in [0.05, 0.1) is 6.20 Å². The fourth-order valence-electron chi connectivity index (χ4n) is 0.209. The van der Waals surface area contributed by atoms with E-state index in [1.54, 1.807) is 6.20 Å². The Morgan fingerprint density at radius 2 is 2.67 bits per heavy atom. The van der Waals surface area contributed by atoms with Gasteiger partial charge in [0.25, 0.3) is 0 Å². The molecule has 0 atom stereocenters. The minimum atomic E-state index is 1.32. The van der Waals surface area contributed by atoms with Crippen molar-refractivity contribution in [2.24, 2.45) is 5.10 Å². The molecule has 0 amide bonds. The Labute approximate surface area is 35.3 Å². The van der Waals surface area contributed by atoms with Crippen LogP contribution in [0, 0.1) is 0 Å². The van der Waals surface area contributed by atoms with Crippen molar-refractivity contribution in [1.82, 2.24) is 5.43 Å². The topological polar surface area (TPSA) is 33.6 Å². The lowest BCUT2D eigenvalue weighted by atomic mass is 11.0. The van der Waals surface area contributed by atoms with E-state index < -0.39 is 0 Å². The number of hydrogen-bond donors (Lipinski definition) is 1. The summed E-state index contributed by atoms with van der Waals surface area (Å²) in [5.41, 5.74) is 2.55. The molecule has 1 heterocycles. The summed E-state index contributed by atoms with van der Waals surface area (Å²) in [5, 5.41) is 3.49.